The van der Waals surface area contributed by atoms with E-state index in [0.29, 0.717) is 0 Å². The third kappa shape index (κ3) is 2.94. The van der Waals surface area contributed by atoms with Gasteiger partial charge in [0, 0.05) is 23.5 Å². The highest BCUT2D eigenvalue weighted by Gasteiger charge is 2.15. The van der Waals surface area contributed by atoms with Crippen LogP contribution >= 0.6 is 0 Å². The lowest BCUT2D eigenvalue weighted by atomic mass is 10.1. The van der Waals surface area contributed by atoms with Gasteiger partial charge in [-0.2, -0.15) is 0 Å². The van der Waals surface area contributed by atoms with Crippen LogP contribution in [0.25, 0.3) is 16.9 Å². The maximum Gasteiger partial charge on any atom is 0.139 e. The van der Waals surface area contributed by atoms with E-state index in [4.69, 9.17) is 10.7 Å². The van der Waals surface area contributed by atoms with Gasteiger partial charge in [0.2, 0.25) is 0 Å². The normalized spacial score (nSPS) is 10.9. The lowest BCUT2D eigenvalue weighted by molar-refractivity contribution is 1.05. The number of benzene rings is 2. The highest BCUT2D eigenvalue weighted by atomic mass is 15.1. The van der Waals surface area contributed by atoms with Crippen molar-refractivity contribution >= 4 is 17.2 Å². The monoisotopic (exact) mass is 328 g/mol. The zero-order valence-electron chi connectivity index (χ0n) is 14.1. The molecule has 0 aliphatic rings. The lowest BCUT2D eigenvalue weighted by Gasteiger charge is -2.11. The summed E-state index contributed by atoms with van der Waals surface area (Å²) in [5, 5.41) is 3.58. The van der Waals surface area contributed by atoms with Crippen LogP contribution in [0.4, 0.5) is 11.5 Å². The second-order valence-electron chi connectivity index (χ2n) is 6.13. The van der Waals surface area contributed by atoms with Gasteiger partial charge < -0.3 is 11.1 Å². The first kappa shape index (κ1) is 15.3. The van der Waals surface area contributed by atoms with Crippen LogP contribution in [-0.2, 0) is 6.54 Å². The van der Waals surface area contributed by atoms with Crippen molar-refractivity contribution in [2.24, 2.45) is 0 Å². The molecule has 2 aromatic heterocycles. The molecule has 124 valence electrons. The molecule has 4 heteroatoms. The van der Waals surface area contributed by atoms with Crippen molar-refractivity contribution in [3.63, 3.8) is 0 Å². The molecule has 2 heterocycles. The zero-order valence-corrected chi connectivity index (χ0v) is 14.1. The number of anilines is 2. The predicted octanol–water partition coefficient (Wildman–Crippen LogP) is 4.50. The number of nitrogens with two attached hydrogens (primary N) is 1. The largest absolute Gasteiger partial charge is 0.399 e. The summed E-state index contributed by atoms with van der Waals surface area (Å²) >= 11 is 0. The highest BCUT2D eigenvalue weighted by Crippen LogP contribution is 2.30. The predicted molar refractivity (Wildman–Crippen MR) is 104 cm³/mol. The van der Waals surface area contributed by atoms with Gasteiger partial charge in [0.1, 0.15) is 17.2 Å². The van der Waals surface area contributed by atoms with Crippen LogP contribution in [-0.4, -0.2) is 9.38 Å². The third-order valence-corrected chi connectivity index (χ3v) is 4.33. The number of pyridine rings is 1. The topological polar surface area (TPSA) is 55.3 Å². The Bertz CT molecular complexity index is 1000. The quantitative estimate of drug-likeness (QED) is 0.542. The molecule has 0 radical (unpaired) electrons. The minimum Gasteiger partial charge on any atom is -0.399 e. The van der Waals surface area contributed by atoms with Crippen LogP contribution in [0.15, 0.2) is 72.8 Å². The van der Waals surface area contributed by atoms with Crippen LogP contribution in [0.5, 0.6) is 0 Å². The van der Waals surface area contributed by atoms with E-state index in [-0.39, 0.29) is 0 Å². The molecule has 0 spiro atoms. The fraction of sp³-hybridized carbons (Fsp3) is 0.0952. The van der Waals surface area contributed by atoms with Crippen molar-refractivity contribution in [1.82, 2.24) is 9.38 Å². The number of hydrogen-bond acceptors (Lipinski definition) is 3. The molecule has 0 unspecified atom stereocenters. The average Bonchev–Trinajstić information content (AvgIpc) is 3.01. The Hall–Kier alpha value is -3.27. The van der Waals surface area contributed by atoms with Crippen molar-refractivity contribution in [2.75, 3.05) is 11.1 Å². The Morgan fingerprint density at radius 3 is 2.44 bits per heavy atom. The van der Waals surface area contributed by atoms with E-state index in [2.05, 4.69) is 47.0 Å². The summed E-state index contributed by atoms with van der Waals surface area (Å²) in [4.78, 5) is 4.85. The van der Waals surface area contributed by atoms with Crippen molar-refractivity contribution in [1.29, 1.82) is 0 Å². The molecule has 0 saturated carbocycles. The molecular formula is C21H20N4. The average molecular weight is 328 g/mol. The molecule has 0 saturated heterocycles. The molecule has 4 nitrogen and oxygen atoms in total. The van der Waals surface area contributed by atoms with Gasteiger partial charge >= 0.3 is 0 Å². The minimum atomic E-state index is 0.741. The third-order valence-electron chi connectivity index (χ3n) is 4.33. The van der Waals surface area contributed by atoms with E-state index in [9.17, 15) is 0 Å². The molecule has 0 aliphatic heterocycles. The van der Waals surface area contributed by atoms with E-state index in [1.54, 1.807) is 0 Å². The molecule has 4 rings (SSSR count). The van der Waals surface area contributed by atoms with Crippen LogP contribution in [0.2, 0.25) is 0 Å². The minimum absolute atomic E-state index is 0.741. The Kier molecular flexibility index (Phi) is 3.86. The Labute approximate surface area is 147 Å². The molecule has 4 aromatic rings. The van der Waals surface area contributed by atoms with Gasteiger partial charge in [-0.1, -0.05) is 48.5 Å². The maximum atomic E-state index is 5.84. The second kappa shape index (κ2) is 6.32. The van der Waals surface area contributed by atoms with Crippen molar-refractivity contribution in [2.45, 2.75) is 13.5 Å². The summed E-state index contributed by atoms with van der Waals surface area (Å²) in [6.45, 7) is 2.83. The van der Waals surface area contributed by atoms with Crippen molar-refractivity contribution in [3.8, 4) is 11.3 Å². The first-order valence-electron chi connectivity index (χ1n) is 8.34. The number of nitrogens with zero attached hydrogens (tertiary/aromatic N) is 2. The van der Waals surface area contributed by atoms with E-state index < -0.39 is 0 Å². The summed E-state index contributed by atoms with van der Waals surface area (Å²) in [6, 6.07) is 24.4. The van der Waals surface area contributed by atoms with E-state index in [1.807, 2.05) is 42.5 Å². The number of rotatable bonds is 4. The van der Waals surface area contributed by atoms with Gasteiger partial charge in [0.15, 0.2) is 0 Å². The number of aromatic nitrogens is 2. The molecule has 3 N–H and O–H groups in total. The smallest absolute Gasteiger partial charge is 0.139 e. The fourth-order valence-corrected chi connectivity index (χ4v) is 3.04. The van der Waals surface area contributed by atoms with Gasteiger partial charge in [-0.25, -0.2) is 4.98 Å². The van der Waals surface area contributed by atoms with Gasteiger partial charge in [-0.3, -0.25) is 4.40 Å². The molecule has 0 atom stereocenters. The van der Waals surface area contributed by atoms with Gasteiger partial charge in [-0.05, 0) is 36.8 Å². The lowest BCUT2D eigenvalue weighted by Crippen LogP contribution is -2.04. The van der Waals surface area contributed by atoms with E-state index >= 15 is 0 Å². The van der Waals surface area contributed by atoms with E-state index in [1.165, 1.54) is 5.56 Å². The van der Waals surface area contributed by atoms with E-state index in [0.717, 1.165) is 40.6 Å². The molecule has 0 aliphatic carbocycles. The standard InChI is InChI=1S/C21H20N4/c1-15-6-5-9-19-24-20(17-10-12-18(22)13-11-17)21(25(15)19)23-14-16-7-3-2-4-8-16/h2-13,23H,14,22H2,1H3. The molecule has 0 amide bonds. The Balaban J connectivity index is 1.81. The number of aryl methyl sites for hydroxylation is 1. The van der Waals surface area contributed by atoms with Crippen molar-refractivity contribution in [3.05, 3.63) is 84.1 Å². The SMILES string of the molecule is Cc1cccc2nc(-c3ccc(N)cc3)c(NCc3ccccc3)n12. The van der Waals surface area contributed by atoms with Crippen LogP contribution < -0.4 is 11.1 Å². The summed E-state index contributed by atoms with van der Waals surface area (Å²) in [5.41, 5.74) is 11.9. The van der Waals surface area contributed by atoms with Crippen LogP contribution in [0, 0.1) is 6.92 Å². The number of hydrogen-bond donors (Lipinski definition) is 2. The summed E-state index contributed by atoms with van der Waals surface area (Å²) in [7, 11) is 0. The second-order valence-corrected chi connectivity index (χ2v) is 6.13. The fourth-order valence-electron chi connectivity index (χ4n) is 3.04. The molecule has 2 aromatic carbocycles. The van der Waals surface area contributed by atoms with Crippen LogP contribution in [0.3, 0.4) is 0 Å². The number of nitrogens with one attached hydrogen (secondary N) is 1. The maximum absolute atomic E-state index is 5.84. The van der Waals surface area contributed by atoms with Crippen molar-refractivity contribution < 1.29 is 0 Å². The number of fused-ring (bicyclic) bond motifs is 1. The van der Waals surface area contributed by atoms with Gasteiger partial charge in [0.05, 0.1) is 0 Å². The summed E-state index contributed by atoms with van der Waals surface area (Å²) in [6.07, 6.45) is 0. The van der Waals surface area contributed by atoms with Gasteiger partial charge in [-0.15, -0.1) is 0 Å². The molecule has 0 fully saturated rings. The zero-order chi connectivity index (χ0) is 17.2. The first-order valence-corrected chi connectivity index (χ1v) is 8.34. The Morgan fingerprint density at radius 1 is 0.920 bits per heavy atom. The number of nitrogen functional groups attached to an aromatic ring is 1. The summed E-state index contributed by atoms with van der Waals surface area (Å²) in [5.74, 6) is 1.00. The van der Waals surface area contributed by atoms with Crippen LogP contribution in [0.1, 0.15) is 11.3 Å². The highest BCUT2D eigenvalue weighted by molar-refractivity contribution is 5.77. The van der Waals surface area contributed by atoms with Gasteiger partial charge in [0.25, 0.3) is 0 Å². The Morgan fingerprint density at radius 2 is 1.68 bits per heavy atom. The first-order chi connectivity index (χ1) is 12.2. The molecule has 0 bridgehead atoms. The molecule has 25 heavy (non-hydrogen) atoms. The summed E-state index contributed by atoms with van der Waals surface area (Å²) < 4.78 is 2.16. The number of imidazole rings is 1. The molecular weight excluding hydrogens is 308 g/mol.